The number of aromatic amines is 1. The Morgan fingerprint density at radius 1 is 1.00 bits per heavy atom. The van der Waals surface area contributed by atoms with Crippen molar-refractivity contribution in [2.45, 2.75) is 0 Å². The Hall–Kier alpha value is -2.73. The molecule has 0 aliphatic heterocycles. The van der Waals surface area contributed by atoms with Gasteiger partial charge in [-0.1, -0.05) is 6.07 Å². The van der Waals surface area contributed by atoms with Crippen LogP contribution < -0.4 is 4.74 Å². The zero-order chi connectivity index (χ0) is 12.4. The average Bonchev–Trinajstić information content (AvgIpc) is 2.86. The monoisotopic (exact) mass is 234 g/mol. The maximum Gasteiger partial charge on any atom is 0.129 e. The minimum Gasteiger partial charge on any atom is -0.457 e. The van der Waals surface area contributed by atoms with Crippen LogP contribution >= 0.6 is 0 Å². The first-order chi connectivity index (χ1) is 8.85. The van der Waals surface area contributed by atoms with E-state index < -0.39 is 0 Å². The van der Waals surface area contributed by atoms with E-state index in [2.05, 4.69) is 11.1 Å². The first-order valence-corrected chi connectivity index (χ1v) is 5.60. The van der Waals surface area contributed by atoms with Gasteiger partial charge in [-0.05, 0) is 41.8 Å². The summed E-state index contributed by atoms with van der Waals surface area (Å²) in [6, 6.07) is 17.1. The van der Waals surface area contributed by atoms with Gasteiger partial charge in [0, 0.05) is 17.8 Å². The molecule has 3 aromatic rings. The molecule has 0 amide bonds. The van der Waals surface area contributed by atoms with Gasteiger partial charge in [0.05, 0.1) is 11.6 Å². The van der Waals surface area contributed by atoms with Gasteiger partial charge in [-0.15, -0.1) is 0 Å². The van der Waals surface area contributed by atoms with E-state index in [0.29, 0.717) is 11.3 Å². The number of hydrogen-bond donors (Lipinski definition) is 1. The van der Waals surface area contributed by atoms with E-state index in [1.165, 1.54) is 0 Å². The molecule has 3 heteroatoms. The number of rotatable bonds is 2. The number of aromatic nitrogens is 1. The Morgan fingerprint density at radius 3 is 2.78 bits per heavy atom. The normalized spacial score (nSPS) is 10.2. The largest absolute Gasteiger partial charge is 0.457 e. The molecule has 0 saturated carbocycles. The van der Waals surface area contributed by atoms with E-state index in [-0.39, 0.29) is 0 Å². The molecule has 1 N–H and O–H groups in total. The van der Waals surface area contributed by atoms with Crippen LogP contribution in [0.5, 0.6) is 11.5 Å². The fourth-order valence-electron chi connectivity index (χ4n) is 1.86. The summed E-state index contributed by atoms with van der Waals surface area (Å²) in [6.07, 6.45) is 1.89. The molecule has 3 nitrogen and oxygen atoms in total. The summed E-state index contributed by atoms with van der Waals surface area (Å²) in [6.45, 7) is 0. The van der Waals surface area contributed by atoms with Crippen molar-refractivity contribution in [1.29, 1.82) is 5.26 Å². The van der Waals surface area contributed by atoms with Crippen molar-refractivity contribution in [3.05, 3.63) is 60.3 Å². The lowest BCUT2D eigenvalue weighted by atomic mass is 10.2. The van der Waals surface area contributed by atoms with Crippen LogP contribution in [0.3, 0.4) is 0 Å². The van der Waals surface area contributed by atoms with E-state index in [1.54, 1.807) is 18.2 Å². The number of ether oxygens (including phenoxy) is 1. The number of nitrogens with zero attached hydrogens (tertiary/aromatic N) is 1. The van der Waals surface area contributed by atoms with Crippen molar-refractivity contribution in [1.82, 2.24) is 4.98 Å². The molecule has 0 aliphatic carbocycles. The Labute approximate surface area is 104 Å². The topological polar surface area (TPSA) is 48.8 Å². The molecule has 0 unspecified atom stereocenters. The van der Waals surface area contributed by atoms with E-state index in [4.69, 9.17) is 10.00 Å². The Kier molecular flexibility index (Phi) is 2.47. The summed E-state index contributed by atoms with van der Waals surface area (Å²) >= 11 is 0. The van der Waals surface area contributed by atoms with E-state index in [0.717, 1.165) is 16.7 Å². The van der Waals surface area contributed by atoms with Crippen molar-refractivity contribution in [2.24, 2.45) is 0 Å². The molecule has 2 aromatic carbocycles. The van der Waals surface area contributed by atoms with Gasteiger partial charge < -0.3 is 9.72 Å². The minimum atomic E-state index is 0.591. The van der Waals surface area contributed by atoms with Crippen LogP contribution in [0.25, 0.3) is 10.9 Å². The summed E-state index contributed by atoms with van der Waals surface area (Å²) in [5, 5.41) is 9.98. The number of fused-ring (bicyclic) bond motifs is 1. The van der Waals surface area contributed by atoms with Gasteiger partial charge in [0.15, 0.2) is 0 Å². The summed E-state index contributed by atoms with van der Waals surface area (Å²) in [7, 11) is 0. The van der Waals surface area contributed by atoms with Crippen LogP contribution in [-0.2, 0) is 0 Å². The molecule has 0 aliphatic rings. The third kappa shape index (κ3) is 1.92. The molecule has 3 rings (SSSR count). The third-order valence-corrected chi connectivity index (χ3v) is 2.73. The Balaban J connectivity index is 1.93. The lowest BCUT2D eigenvalue weighted by Gasteiger charge is -2.05. The summed E-state index contributed by atoms with van der Waals surface area (Å²) in [5.41, 5.74) is 1.62. The molecule has 0 spiro atoms. The highest BCUT2D eigenvalue weighted by atomic mass is 16.5. The predicted molar refractivity (Wildman–Crippen MR) is 69.5 cm³/mol. The zero-order valence-corrected chi connectivity index (χ0v) is 9.55. The number of nitriles is 1. The first kappa shape index (κ1) is 10.4. The maximum absolute atomic E-state index is 8.83. The molecule has 0 radical (unpaired) electrons. The van der Waals surface area contributed by atoms with Crippen LogP contribution in [0.2, 0.25) is 0 Å². The number of hydrogen-bond acceptors (Lipinski definition) is 2. The molecule has 86 valence electrons. The molecule has 18 heavy (non-hydrogen) atoms. The molecular weight excluding hydrogens is 224 g/mol. The van der Waals surface area contributed by atoms with E-state index >= 15 is 0 Å². The predicted octanol–water partition coefficient (Wildman–Crippen LogP) is 3.83. The summed E-state index contributed by atoms with van der Waals surface area (Å²) < 4.78 is 5.73. The fraction of sp³-hybridized carbons (Fsp3) is 0. The van der Waals surface area contributed by atoms with Gasteiger partial charge in [0.1, 0.15) is 11.5 Å². The summed E-state index contributed by atoms with van der Waals surface area (Å²) in [4.78, 5) is 3.14. The second-order valence-corrected chi connectivity index (χ2v) is 3.97. The second-order valence-electron chi connectivity index (χ2n) is 3.97. The number of nitrogens with one attached hydrogen (secondary N) is 1. The van der Waals surface area contributed by atoms with Crippen LogP contribution in [0.4, 0.5) is 0 Å². The fourth-order valence-corrected chi connectivity index (χ4v) is 1.86. The highest BCUT2D eigenvalue weighted by Crippen LogP contribution is 2.25. The van der Waals surface area contributed by atoms with Gasteiger partial charge in [-0.25, -0.2) is 0 Å². The van der Waals surface area contributed by atoms with E-state index in [1.807, 2.05) is 36.5 Å². The second kappa shape index (κ2) is 4.27. The van der Waals surface area contributed by atoms with Crippen molar-refractivity contribution in [3.8, 4) is 17.6 Å². The lowest BCUT2D eigenvalue weighted by molar-refractivity contribution is 0.483. The van der Waals surface area contributed by atoms with Crippen molar-refractivity contribution in [3.63, 3.8) is 0 Å². The zero-order valence-electron chi connectivity index (χ0n) is 9.55. The standard InChI is InChI=1S/C15H10N2O/c16-10-11-2-1-3-13(8-11)18-14-5-4-12-6-7-17-15(12)9-14/h1-9,17H. The molecule has 0 bridgehead atoms. The van der Waals surface area contributed by atoms with Gasteiger partial charge in [0.25, 0.3) is 0 Å². The maximum atomic E-state index is 8.83. The highest BCUT2D eigenvalue weighted by molar-refractivity contribution is 5.80. The van der Waals surface area contributed by atoms with Crippen LogP contribution in [0, 0.1) is 11.3 Å². The highest BCUT2D eigenvalue weighted by Gasteiger charge is 2.01. The SMILES string of the molecule is N#Cc1cccc(Oc2ccc3cc[nH]c3c2)c1. The molecule has 1 aromatic heterocycles. The molecular formula is C15H10N2O. The first-order valence-electron chi connectivity index (χ1n) is 5.60. The number of benzene rings is 2. The van der Waals surface area contributed by atoms with Gasteiger partial charge in [-0.3, -0.25) is 0 Å². The Morgan fingerprint density at radius 2 is 1.89 bits per heavy atom. The number of H-pyrrole nitrogens is 1. The third-order valence-electron chi connectivity index (χ3n) is 2.73. The van der Waals surface area contributed by atoms with E-state index in [9.17, 15) is 0 Å². The van der Waals surface area contributed by atoms with Gasteiger partial charge in [0.2, 0.25) is 0 Å². The van der Waals surface area contributed by atoms with Crippen molar-refractivity contribution in [2.75, 3.05) is 0 Å². The molecule has 0 atom stereocenters. The van der Waals surface area contributed by atoms with Crippen LogP contribution in [0.15, 0.2) is 54.7 Å². The molecule has 0 fully saturated rings. The average molecular weight is 234 g/mol. The Bertz CT molecular complexity index is 737. The summed E-state index contributed by atoms with van der Waals surface area (Å²) in [5.74, 6) is 1.42. The van der Waals surface area contributed by atoms with Gasteiger partial charge in [-0.2, -0.15) is 5.26 Å². The molecule has 1 heterocycles. The van der Waals surface area contributed by atoms with Crippen molar-refractivity contribution >= 4 is 10.9 Å². The minimum absolute atomic E-state index is 0.591. The lowest BCUT2D eigenvalue weighted by Crippen LogP contribution is -1.85. The van der Waals surface area contributed by atoms with Gasteiger partial charge >= 0.3 is 0 Å². The van der Waals surface area contributed by atoms with Crippen LogP contribution in [0.1, 0.15) is 5.56 Å². The smallest absolute Gasteiger partial charge is 0.129 e. The quantitative estimate of drug-likeness (QED) is 0.732. The van der Waals surface area contributed by atoms with Crippen molar-refractivity contribution < 1.29 is 4.74 Å². The molecule has 0 saturated heterocycles. The van der Waals surface area contributed by atoms with Crippen LogP contribution in [-0.4, -0.2) is 4.98 Å².